The first kappa shape index (κ1) is 27.0. The highest BCUT2D eigenvalue weighted by atomic mass is 16.7. The third-order valence-electron chi connectivity index (χ3n) is 6.47. The molecule has 2 aliphatic heterocycles. The van der Waals surface area contributed by atoms with Crippen molar-refractivity contribution in [2.75, 3.05) is 13.2 Å². The lowest BCUT2D eigenvalue weighted by molar-refractivity contribution is -0.331. The molecule has 2 heterocycles. The number of aliphatic hydroxyl groups is 7. The first-order valence-electron chi connectivity index (χ1n) is 10.8. The fraction of sp³-hybridized carbons (Fsp3) is 1.00. The molecule has 0 aromatic heterocycles. The molecule has 1 saturated carbocycles. The van der Waals surface area contributed by atoms with Crippen molar-refractivity contribution < 1.29 is 54.7 Å². The predicted molar refractivity (Wildman–Crippen MR) is 108 cm³/mol. The molecule has 1 aliphatic carbocycles. The standard InChI is InChI=1S/C18H36N4O11/c19-2-6-9(24)11(26)8(22)17(30-6)32-15-4(20)1-5(21)16(14(15)29)33-18-13(28)12(27)10(25)7(3-23)31-18/h4-18,23-29H,1-3,19-22H2/t4-,5+,6+,7+,8+,9+,10+,11+,12-,13+,14-,15+,16-,17+,18+/m0/s1. The van der Waals surface area contributed by atoms with Gasteiger partial charge in [0.05, 0.1) is 12.6 Å². The summed E-state index contributed by atoms with van der Waals surface area (Å²) in [5, 5.41) is 70.6. The maximum atomic E-state index is 10.9. The lowest BCUT2D eigenvalue weighted by Gasteiger charge is -2.48. The van der Waals surface area contributed by atoms with Crippen LogP contribution >= 0.6 is 0 Å². The smallest absolute Gasteiger partial charge is 0.187 e. The number of rotatable bonds is 6. The van der Waals surface area contributed by atoms with E-state index in [-0.39, 0.29) is 13.0 Å². The van der Waals surface area contributed by atoms with Crippen molar-refractivity contribution in [3.63, 3.8) is 0 Å². The van der Waals surface area contributed by atoms with Crippen molar-refractivity contribution in [2.24, 2.45) is 22.9 Å². The summed E-state index contributed by atoms with van der Waals surface area (Å²) in [4.78, 5) is 0. The minimum atomic E-state index is -1.70. The van der Waals surface area contributed by atoms with E-state index in [4.69, 9.17) is 41.9 Å². The van der Waals surface area contributed by atoms with Crippen LogP contribution in [0.3, 0.4) is 0 Å². The van der Waals surface area contributed by atoms with Gasteiger partial charge in [0.1, 0.15) is 61.0 Å². The Hall–Kier alpha value is -0.600. The highest BCUT2D eigenvalue weighted by Gasteiger charge is 2.51. The van der Waals surface area contributed by atoms with E-state index in [0.717, 1.165) is 0 Å². The van der Waals surface area contributed by atoms with Gasteiger partial charge in [0, 0.05) is 18.6 Å². The molecule has 0 spiro atoms. The van der Waals surface area contributed by atoms with Crippen LogP contribution in [-0.4, -0.2) is 141 Å². The molecule has 0 unspecified atom stereocenters. The molecule has 3 rings (SSSR count). The zero-order chi connectivity index (χ0) is 24.6. The highest BCUT2D eigenvalue weighted by molar-refractivity contribution is 5.01. The summed E-state index contributed by atoms with van der Waals surface area (Å²) in [6, 6.07) is -2.82. The van der Waals surface area contributed by atoms with Gasteiger partial charge in [-0.05, 0) is 6.42 Å². The van der Waals surface area contributed by atoms with Gasteiger partial charge in [-0.25, -0.2) is 0 Å². The average Bonchev–Trinajstić information content (AvgIpc) is 2.79. The summed E-state index contributed by atoms with van der Waals surface area (Å²) in [5.74, 6) is 0. The second-order valence-electron chi connectivity index (χ2n) is 8.79. The highest BCUT2D eigenvalue weighted by Crippen LogP contribution is 2.31. The zero-order valence-electron chi connectivity index (χ0n) is 17.9. The van der Waals surface area contributed by atoms with Gasteiger partial charge in [-0.2, -0.15) is 0 Å². The van der Waals surface area contributed by atoms with Crippen molar-refractivity contribution in [3.05, 3.63) is 0 Å². The summed E-state index contributed by atoms with van der Waals surface area (Å²) >= 11 is 0. The fourth-order valence-corrected chi connectivity index (χ4v) is 4.40. The Morgan fingerprint density at radius 3 is 1.73 bits per heavy atom. The van der Waals surface area contributed by atoms with E-state index in [1.165, 1.54) is 0 Å². The maximum absolute atomic E-state index is 10.9. The normalized spacial score (nSPS) is 53.7. The second kappa shape index (κ2) is 11.0. The molecule has 3 aliphatic rings. The van der Waals surface area contributed by atoms with Gasteiger partial charge in [-0.3, -0.25) is 0 Å². The van der Waals surface area contributed by atoms with E-state index in [9.17, 15) is 35.7 Å². The van der Waals surface area contributed by atoms with E-state index < -0.39 is 98.4 Å². The molecule has 0 aromatic carbocycles. The van der Waals surface area contributed by atoms with Crippen LogP contribution in [0.5, 0.6) is 0 Å². The van der Waals surface area contributed by atoms with E-state index in [0.29, 0.717) is 0 Å². The first-order valence-corrected chi connectivity index (χ1v) is 10.8. The van der Waals surface area contributed by atoms with Crippen molar-refractivity contribution >= 4 is 0 Å². The number of aliphatic hydroxyl groups excluding tert-OH is 7. The molecule has 194 valence electrons. The topological polar surface area (TPSA) is 283 Å². The van der Waals surface area contributed by atoms with Gasteiger partial charge in [-0.15, -0.1) is 0 Å². The van der Waals surface area contributed by atoms with Crippen LogP contribution in [0.25, 0.3) is 0 Å². The molecule has 15 atom stereocenters. The molecule has 33 heavy (non-hydrogen) atoms. The van der Waals surface area contributed by atoms with Crippen LogP contribution in [0, 0.1) is 0 Å². The van der Waals surface area contributed by atoms with E-state index in [1.807, 2.05) is 0 Å². The molecule has 0 amide bonds. The maximum Gasteiger partial charge on any atom is 0.187 e. The summed E-state index contributed by atoms with van der Waals surface area (Å²) in [5.41, 5.74) is 23.7. The monoisotopic (exact) mass is 484 g/mol. The lowest BCUT2D eigenvalue weighted by atomic mass is 9.84. The summed E-state index contributed by atoms with van der Waals surface area (Å²) in [7, 11) is 0. The average molecular weight is 485 g/mol. The van der Waals surface area contributed by atoms with Crippen LogP contribution < -0.4 is 22.9 Å². The molecule has 0 bridgehead atoms. The van der Waals surface area contributed by atoms with Gasteiger partial charge in [0.25, 0.3) is 0 Å². The molecular formula is C18H36N4O11. The SMILES string of the molecule is NC[C@H]1O[C@H](O[C@H]2[C@H](O)[C@@H](O[C@H]3O[C@H](CO)[C@@H](O)[C@H](O)[C@H]3O)[C@H](N)C[C@@H]2N)[C@H](N)[C@@H](O)[C@@H]1O. The van der Waals surface area contributed by atoms with Crippen molar-refractivity contribution in [1.82, 2.24) is 0 Å². The number of hydrogen-bond donors (Lipinski definition) is 11. The Labute approximate surface area is 189 Å². The number of ether oxygens (including phenoxy) is 4. The van der Waals surface area contributed by atoms with E-state index in [2.05, 4.69) is 0 Å². The molecule has 3 fully saturated rings. The molecule has 15 heteroatoms. The van der Waals surface area contributed by atoms with Gasteiger partial charge in [0.2, 0.25) is 0 Å². The number of nitrogens with two attached hydrogens (primary N) is 4. The summed E-state index contributed by atoms with van der Waals surface area (Å²) in [6.07, 6.45) is -16.4. The van der Waals surface area contributed by atoms with Gasteiger partial charge in [-0.1, -0.05) is 0 Å². The fourth-order valence-electron chi connectivity index (χ4n) is 4.40. The largest absolute Gasteiger partial charge is 0.394 e. The molecule has 15 N–H and O–H groups in total. The van der Waals surface area contributed by atoms with Crippen molar-refractivity contribution in [2.45, 2.75) is 98.2 Å². The third-order valence-corrected chi connectivity index (χ3v) is 6.47. The van der Waals surface area contributed by atoms with Gasteiger partial charge < -0.3 is 77.6 Å². The predicted octanol–water partition coefficient (Wildman–Crippen LogP) is -7.29. The van der Waals surface area contributed by atoms with E-state index >= 15 is 0 Å². The Morgan fingerprint density at radius 1 is 0.667 bits per heavy atom. The van der Waals surface area contributed by atoms with Crippen molar-refractivity contribution in [1.29, 1.82) is 0 Å². The zero-order valence-corrected chi connectivity index (χ0v) is 17.9. The van der Waals surface area contributed by atoms with Crippen molar-refractivity contribution in [3.8, 4) is 0 Å². The summed E-state index contributed by atoms with van der Waals surface area (Å²) < 4.78 is 22.3. The molecule has 0 aromatic rings. The van der Waals surface area contributed by atoms with Gasteiger partial charge in [0.15, 0.2) is 12.6 Å². The molecular weight excluding hydrogens is 448 g/mol. The van der Waals surface area contributed by atoms with Crippen LogP contribution in [0.2, 0.25) is 0 Å². The quantitative estimate of drug-likeness (QED) is 0.167. The Morgan fingerprint density at radius 2 is 1.18 bits per heavy atom. The minimum absolute atomic E-state index is 0.0945. The Kier molecular flexibility index (Phi) is 8.99. The van der Waals surface area contributed by atoms with E-state index in [1.54, 1.807) is 0 Å². The Balaban J connectivity index is 1.72. The van der Waals surface area contributed by atoms with Crippen LogP contribution in [0.4, 0.5) is 0 Å². The van der Waals surface area contributed by atoms with Gasteiger partial charge >= 0.3 is 0 Å². The minimum Gasteiger partial charge on any atom is -0.394 e. The van der Waals surface area contributed by atoms with Crippen LogP contribution in [0.1, 0.15) is 6.42 Å². The first-order chi connectivity index (χ1) is 15.5. The number of hydrogen-bond acceptors (Lipinski definition) is 15. The molecule has 15 nitrogen and oxygen atoms in total. The third kappa shape index (κ3) is 5.32. The molecule has 2 saturated heterocycles. The van der Waals surface area contributed by atoms with Crippen LogP contribution in [0.15, 0.2) is 0 Å². The second-order valence-corrected chi connectivity index (χ2v) is 8.79. The summed E-state index contributed by atoms with van der Waals surface area (Å²) in [6.45, 7) is -0.786. The lowest BCUT2D eigenvalue weighted by Crippen LogP contribution is -2.68. The Bertz CT molecular complexity index is 584. The molecule has 0 radical (unpaired) electrons. The van der Waals surface area contributed by atoms with Crippen LogP contribution in [-0.2, 0) is 18.9 Å².